The molecular formula is C7H16O3S. The Morgan fingerprint density at radius 3 is 1.91 bits per heavy atom. The number of ether oxygens (including phenoxy) is 2. The van der Waals surface area contributed by atoms with Crippen LogP contribution in [0, 0.1) is 5.41 Å². The van der Waals surface area contributed by atoms with Gasteiger partial charge in [-0.25, -0.2) is 0 Å². The van der Waals surface area contributed by atoms with Crippen LogP contribution in [-0.4, -0.2) is 44.9 Å². The predicted octanol–water partition coefficient (Wildman–Crippen LogP) is 0.188. The normalized spacial score (nSPS) is 12.0. The third-order valence-corrected chi connectivity index (χ3v) is 2.24. The van der Waals surface area contributed by atoms with Crippen LogP contribution in [0.25, 0.3) is 0 Å². The van der Waals surface area contributed by atoms with Crippen molar-refractivity contribution in [2.45, 2.75) is 0 Å². The number of methoxy groups -OCH3 is 2. The van der Waals surface area contributed by atoms with E-state index < -0.39 is 0 Å². The average Bonchev–Trinajstić information content (AvgIpc) is 2.04. The summed E-state index contributed by atoms with van der Waals surface area (Å²) < 4.78 is 9.91. The summed E-state index contributed by atoms with van der Waals surface area (Å²) in [5.41, 5.74) is -0.341. The summed E-state index contributed by atoms with van der Waals surface area (Å²) in [6.45, 7) is 0.986. The van der Waals surface area contributed by atoms with E-state index in [1.165, 1.54) is 0 Å². The van der Waals surface area contributed by atoms with Crippen LogP contribution in [0.2, 0.25) is 0 Å². The standard InChI is InChI=1S/C7H16O3S/c1-9-4-7(3-8,6-11)5-10-2/h8,11H,3-6H2,1-2H3. The maximum Gasteiger partial charge on any atom is 0.0570 e. The molecule has 0 aromatic carbocycles. The van der Waals surface area contributed by atoms with Gasteiger partial charge >= 0.3 is 0 Å². The van der Waals surface area contributed by atoms with Crippen LogP contribution in [-0.2, 0) is 9.47 Å². The van der Waals surface area contributed by atoms with Crippen molar-refractivity contribution in [1.29, 1.82) is 0 Å². The van der Waals surface area contributed by atoms with Gasteiger partial charge in [0.15, 0.2) is 0 Å². The van der Waals surface area contributed by atoms with Gasteiger partial charge in [-0.05, 0) is 0 Å². The highest BCUT2D eigenvalue weighted by Crippen LogP contribution is 2.18. The number of aliphatic hydroxyl groups is 1. The molecule has 68 valence electrons. The summed E-state index contributed by atoms with van der Waals surface area (Å²) in [7, 11) is 3.20. The first-order chi connectivity index (χ1) is 5.24. The van der Waals surface area contributed by atoms with Gasteiger partial charge in [0, 0.05) is 25.4 Å². The molecule has 1 N–H and O–H groups in total. The van der Waals surface area contributed by atoms with E-state index in [-0.39, 0.29) is 12.0 Å². The molecule has 0 fully saturated rings. The van der Waals surface area contributed by atoms with Crippen molar-refractivity contribution in [2.24, 2.45) is 5.41 Å². The lowest BCUT2D eigenvalue weighted by atomic mass is 9.94. The summed E-state index contributed by atoms with van der Waals surface area (Å²) in [4.78, 5) is 0. The fourth-order valence-corrected chi connectivity index (χ4v) is 1.17. The third-order valence-electron chi connectivity index (χ3n) is 1.57. The van der Waals surface area contributed by atoms with Gasteiger partial charge in [0.05, 0.1) is 19.8 Å². The largest absolute Gasteiger partial charge is 0.396 e. The number of hydrogen-bond acceptors (Lipinski definition) is 4. The van der Waals surface area contributed by atoms with Crippen LogP contribution in [0.15, 0.2) is 0 Å². The van der Waals surface area contributed by atoms with E-state index in [1.54, 1.807) is 14.2 Å². The minimum atomic E-state index is -0.341. The number of hydrogen-bond donors (Lipinski definition) is 2. The highest BCUT2D eigenvalue weighted by Gasteiger charge is 2.27. The van der Waals surface area contributed by atoms with Gasteiger partial charge in [-0.1, -0.05) is 0 Å². The van der Waals surface area contributed by atoms with Gasteiger partial charge in [0.2, 0.25) is 0 Å². The first kappa shape index (κ1) is 11.2. The van der Waals surface area contributed by atoms with Gasteiger partial charge < -0.3 is 14.6 Å². The van der Waals surface area contributed by atoms with Crippen LogP contribution in [0.1, 0.15) is 0 Å². The molecule has 11 heavy (non-hydrogen) atoms. The van der Waals surface area contributed by atoms with Crippen molar-refractivity contribution in [3.05, 3.63) is 0 Å². The zero-order valence-electron chi connectivity index (χ0n) is 7.04. The van der Waals surface area contributed by atoms with Gasteiger partial charge in [0.25, 0.3) is 0 Å². The Morgan fingerprint density at radius 2 is 1.73 bits per heavy atom. The van der Waals surface area contributed by atoms with Crippen molar-refractivity contribution in [2.75, 3.05) is 39.8 Å². The SMILES string of the molecule is COCC(CO)(CS)COC. The van der Waals surface area contributed by atoms with Crippen molar-refractivity contribution in [1.82, 2.24) is 0 Å². The van der Waals surface area contributed by atoms with Crippen molar-refractivity contribution in [3.63, 3.8) is 0 Å². The Bertz CT molecular complexity index is 85.7. The van der Waals surface area contributed by atoms with E-state index in [1.807, 2.05) is 0 Å². The first-order valence-electron chi connectivity index (χ1n) is 3.44. The molecule has 0 aliphatic heterocycles. The molecule has 0 amide bonds. The Kier molecular flexibility index (Phi) is 5.95. The molecule has 0 aromatic rings. The molecule has 0 spiro atoms. The summed E-state index contributed by atoms with van der Waals surface area (Å²) in [5.74, 6) is 0.561. The fourth-order valence-electron chi connectivity index (χ4n) is 0.887. The summed E-state index contributed by atoms with van der Waals surface area (Å²) >= 11 is 4.13. The second-order valence-electron chi connectivity index (χ2n) is 2.68. The Labute approximate surface area is 73.1 Å². The van der Waals surface area contributed by atoms with E-state index in [0.717, 1.165) is 0 Å². The molecular weight excluding hydrogens is 164 g/mol. The molecule has 0 unspecified atom stereocenters. The number of thiol groups is 1. The molecule has 3 nitrogen and oxygen atoms in total. The molecule has 4 heteroatoms. The summed E-state index contributed by atoms with van der Waals surface area (Å²) in [6, 6.07) is 0. The van der Waals surface area contributed by atoms with Crippen LogP contribution in [0.4, 0.5) is 0 Å². The molecule has 0 atom stereocenters. The molecule has 0 saturated heterocycles. The molecule has 0 saturated carbocycles. The monoisotopic (exact) mass is 180 g/mol. The summed E-state index contributed by atoms with van der Waals surface area (Å²) in [6.07, 6.45) is 0. The van der Waals surface area contributed by atoms with E-state index >= 15 is 0 Å². The summed E-state index contributed by atoms with van der Waals surface area (Å²) in [5, 5.41) is 9.03. The second kappa shape index (κ2) is 5.83. The topological polar surface area (TPSA) is 38.7 Å². The van der Waals surface area contributed by atoms with E-state index in [2.05, 4.69) is 12.6 Å². The first-order valence-corrected chi connectivity index (χ1v) is 4.07. The zero-order chi connectivity index (χ0) is 8.74. The van der Waals surface area contributed by atoms with Crippen molar-refractivity contribution in [3.8, 4) is 0 Å². The van der Waals surface area contributed by atoms with Crippen LogP contribution in [0.3, 0.4) is 0 Å². The van der Waals surface area contributed by atoms with Crippen molar-refractivity contribution >= 4 is 12.6 Å². The lowest BCUT2D eigenvalue weighted by Crippen LogP contribution is -2.37. The third kappa shape index (κ3) is 3.42. The average molecular weight is 180 g/mol. The van der Waals surface area contributed by atoms with E-state index in [4.69, 9.17) is 14.6 Å². The zero-order valence-corrected chi connectivity index (χ0v) is 7.93. The minimum absolute atomic E-state index is 0.0399. The van der Waals surface area contributed by atoms with Crippen LogP contribution in [0.5, 0.6) is 0 Å². The molecule has 0 radical (unpaired) electrons. The molecule has 0 aliphatic carbocycles. The Hall–Kier alpha value is 0.230. The van der Waals surface area contributed by atoms with E-state index in [9.17, 15) is 0 Å². The molecule has 0 bridgehead atoms. The smallest absolute Gasteiger partial charge is 0.0570 e. The number of aliphatic hydroxyl groups excluding tert-OH is 1. The maximum absolute atomic E-state index is 9.03. The van der Waals surface area contributed by atoms with Gasteiger partial charge in [-0.2, -0.15) is 12.6 Å². The minimum Gasteiger partial charge on any atom is -0.396 e. The fraction of sp³-hybridized carbons (Fsp3) is 1.00. The maximum atomic E-state index is 9.03. The lowest BCUT2D eigenvalue weighted by molar-refractivity contribution is -0.0102. The number of rotatable bonds is 6. The molecule has 0 aliphatic rings. The van der Waals surface area contributed by atoms with Crippen molar-refractivity contribution < 1.29 is 14.6 Å². The van der Waals surface area contributed by atoms with Crippen LogP contribution >= 0.6 is 12.6 Å². The van der Waals surface area contributed by atoms with Gasteiger partial charge in [-0.15, -0.1) is 0 Å². The predicted molar refractivity (Wildman–Crippen MR) is 47.1 cm³/mol. The van der Waals surface area contributed by atoms with Crippen LogP contribution < -0.4 is 0 Å². The van der Waals surface area contributed by atoms with Gasteiger partial charge in [0.1, 0.15) is 0 Å². The van der Waals surface area contributed by atoms with Gasteiger partial charge in [-0.3, -0.25) is 0 Å². The molecule has 0 heterocycles. The lowest BCUT2D eigenvalue weighted by Gasteiger charge is -2.27. The Balaban J connectivity index is 3.96. The highest BCUT2D eigenvalue weighted by molar-refractivity contribution is 7.80. The Morgan fingerprint density at radius 1 is 1.27 bits per heavy atom. The highest BCUT2D eigenvalue weighted by atomic mass is 32.1. The second-order valence-corrected chi connectivity index (χ2v) is 3.00. The molecule has 0 rings (SSSR count). The quantitative estimate of drug-likeness (QED) is 0.573. The molecule has 0 aromatic heterocycles. The van der Waals surface area contributed by atoms with E-state index in [0.29, 0.717) is 19.0 Å².